The molecule has 2 N–H and O–H groups in total. The molecule has 0 aromatic rings. The number of hydrogen-bond acceptors (Lipinski definition) is 4. The van der Waals surface area contributed by atoms with Gasteiger partial charge in [0.1, 0.15) is 0 Å². The molecule has 76 valence electrons. The van der Waals surface area contributed by atoms with Gasteiger partial charge in [-0.3, -0.25) is 0 Å². The van der Waals surface area contributed by atoms with Crippen molar-refractivity contribution in [2.24, 2.45) is 0 Å². The van der Waals surface area contributed by atoms with E-state index in [-0.39, 0.29) is 0 Å². The highest BCUT2D eigenvalue weighted by Gasteiger charge is 2.37. The molecule has 0 aliphatic carbocycles. The highest BCUT2D eigenvalue weighted by molar-refractivity contribution is 7.88. The molecule has 2 aliphatic heterocycles. The average Bonchev–Trinajstić information content (AvgIpc) is 2.45. The first kappa shape index (κ1) is 9.39. The smallest absolute Gasteiger partial charge is 0.211 e. The monoisotopic (exact) mass is 205 g/mol. The number of sulfonamides is 1. The lowest BCUT2D eigenvalue weighted by atomic mass is 10.1. The Hall–Kier alpha value is -0.170. The van der Waals surface area contributed by atoms with Gasteiger partial charge >= 0.3 is 0 Å². The molecule has 0 radical (unpaired) electrons. The van der Waals surface area contributed by atoms with Gasteiger partial charge in [-0.25, -0.2) is 8.42 Å². The van der Waals surface area contributed by atoms with Gasteiger partial charge in [0, 0.05) is 38.3 Å². The zero-order valence-corrected chi connectivity index (χ0v) is 8.47. The quantitative estimate of drug-likeness (QED) is 0.530. The highest BCUT2D eigenvalue weighted by atomic mass is 32.2. The molecule has 0 aromatic carbocycles. The predicted octanol–water partition coefficient (Wildman–Crippen LogP) is -1.81. The molecule has 2 atom stereocenters. The second-order valence-electron chi connectivity index (χ2n) is 3.70. The van der Waals surface area contributed by atoms with Gasteiger partial charge in [0.25, 0.3) is 0 Å². The molecule has 0 bridgehead atoms. The highest BCUT2D eigenvalue weighted by Crippen LogP contribution is 2.14. The van der Waals surface area contributed by atoms with Gasteiger partial charge < -0.3 is 10.6 Å². The summed E-state index contributed by atoms with van der Waals surface area (Å²) in [6.07, 6.45) is 1.27. The fraction of sp³-hybridized carbons (Fsp3) is 1.00. The van der Waals surface area contributed by atoms with E-state index in [2.05, 4.69) is 10.6 Å². The van der Waals surface area contributed by atoms with Crippen molar-refractivity contribution >= 4 is 10.0 Å². The van der Waals surface area contributed by atoms with Crippen molar-refractivity contribution in [1.29, 1.82) is 0 Å². The lowest BCUT2D eigenvalue weighted by molar-refractivity contribution is 0.377. The second kappa shape index (κ2) is 3.20. The summed E-state index contributed by atoms with van der Waals surface area (Å²) in [7, 11) is -3.01. The van der Waals surface area contributed by atoms with Crippen LogP contribution in [-0.2, 0) is 10.0 Å². The summed E-state index contributed by atoms with van der Waals surface area (Å²) >= 11 is 0. The van der Waals surface area contributed by atoms with Crippen molar-refractivity contribution < 1.29 is 8.42 Å². The Balaban J connectivity index is 2.07. The molecule has 0 aromatic heterocycles. The summed E-state index contributed by atoms with van der Waals surface area (Å²) in [6.45, 7) is 3.07. The molecule has 0 saturated carbocycles. The van der Waals surface area contributed by atoms with Crippen LogP contribution in [0.2, 0.25) is 0 Å². The van der Waals surface area contributed by atoms with Crippen molar-refractivity contribution in [2.75, 3.05) is 32.4 Å². The Bertz CT molecular complexity index is 276. The Morgan fingerprint density at radius 2 is 1.62 bits per heavy atom. The number of fused-ring (bicyclic) bond motifs is 1. The predicted molar refractivity (Wildman–Crippen MR) is 50.0 cm³/mol. The van der Waals surface area contributed by atoms with Crippen molar-refractivity contribution in [3.8, 4) is 0 Å². The second-order valence-corrected chi connectivity index (χ2v) is 5.68. The van der Waals surface area contributed by atoms with Gasteiger partial charge in [-0.1, -0.05) is 0 Å². The van der Waals surface area contributed by atoms with Crippen LogP contribution in [0.3, 0.4) is 0 Å². The Kier molecular flexibility index (Phi) is 2.31. The minimum atomic E-state index is -3.01. The molecular formula is C7H15N3O2S. The van der Waals surface area contributed by atoms with Crippen LogP contribution in [0.25, 0.3) is 0 Å². The van der Waals surface area contributed by atoms with Crippen molar-refractivity contribution in [3.05, 3.63) is 0 Å². The first-order valence-electron chi connectivity index (χ1n) is 4.49. The first-order valence-corrected chi connectivity index (χ1v) is 6.34. The maximum Gasteiger partial charge on any atom is 0.211 e. The van der Waals surface area contributed by atoms with E-state index in [0.29, 0.717) is 25.2 Å². The molecule has 5 nitrogen and oxygen atoms in total. The molecule has 6 heteroatoms. The maximum absolute atomic E-state index is 11.2. The van der Waals surface area contributed by atoms with E-state index < -0.39 is 10.0 Å². The third-order valence-electron chi connectivity index (χ3n) is 2.69. The maximum atomic E-state index is 11.2. The molecule has 2 fully saturated rings. The SMILES string of the molecule is CS(=O)(=O)N1CC2NCCN[C@H]2C1. The Morgan fingerprint density at radius 1 is 1.15 bits per heavy atom. The summed E-state index contributed by atoms with van der Waals surface area (Å²) in [4.78, 5) is 0. The fourth-order valence-corrected chi connectivity index (χ4v) is 2.83. The largest absolute Gasteiger partial charge is 0.310 e. The van der Waals surface area contributed by atoms with Crippen LogP contribution in [0.4, 0.5) is 0 Å². The van der Waals surface area contributed by atoms with E-state index in [1.165, 1.54) is 10.6 Å². The van der Waals surface area contributed by atoms with Crippen LogP contribution in [0, 0.1) is 0 Å². The van der Waals surface area contributed by atoms with Crippen molar-refractivity contribution in [1.82, 2.24) is 14.9 Å². The number of piperazine rings is 1. The molecular weight excluding hydrogens is 190 g/mol. The average molecular weight is 205 g/mol. The molecule has 0 spiro atoms. The van der Waals surface area contributed by atoms with Crippen LogP contribution in [0.5, 0.6) is 0 Å². The number of nitrogens with zero attached hydrogens (tertiary/aromatic N) is 1. The van der Waals surface area contributed by atoms with Gasteiger partial charge in [0.15, 0.2) is 0 Å². The van der Waals surface area contributed by atoms with Crippen LogP contribution in [0.1, 0.15) is 0 Å². The van der Waals surface area contributed by atoms with Gasteiger partial charge in [-0.05, 0) is 0 Å². The van der Waals surface area contributed by atoms with Crippen LogP contribution in [0.15, 0.2) is 0 Å². The zero-order valence-electron chi connectivity index (χ0n) is 7.66. The third kappa shape index (κ3) is 1.85. The Morgan fingerprint density at radius 3 is 2.00 bits per heavy atom. The van der Waals surface area contributed by atoms with Crippen LogP contribution < -0.4 is 10.6 Å². The Labute approximate surface area is 78.5 Å². The molecule has 2 aliphatic rings. The summed E-state index contributed by atoms with van der Waals surface area (Å²) in [5, 5.41) is 6.63. The third-order valence-corrected chi connectivity index (χ3v) is 3.93. The summed E-state index contributed by atoms with van der Waals surface area (Å²) < 4.78 is 24.0. The standard InChI is InChI=1S/C7H15N3O2S/c1-13(11,12)10-4-6-7(5-10)9-3-2-8-6/h6-9H,2-5H2,1H3/t6-,7?/m0/s1. The normalized spacial score (nSPS) is 36.1. The minimum absolute atomic E-state index is 0.295. The van der Waals surface area contributed by atoms with E-state index in [1.807, 2.05) is 0 Å². The molecule has 2 rings (SSSR count). The fourth-order valence-electron chi connectivity index (χ4n) is 1.97. The first-order chi connectivity index (χ1) is 6.07. The molecule has 1 unspecified atom stereocenters. The van der Waals surface area contributed by atoms with E-state index in [0.717, 1.165) is 13.1 Å². The van der Waals surface area contributed by atoms with Gasteiger partial charge in [0.2, 0.25) is 10.0 Å². The number of rotatable bonds is 1. The van der Waals surface area contributed by atoms with Gasteiger partial charge in [-0.2, -0.15) is 4.31 Å². The van der Waals surface area contributed by atoms with Gasteiger partial charge in [-0.15, -0.1) is 0 Å². The lowest BCUT2D eigenvalue weighted by Gasteiger charge is -2.26. The minimum Gasteiger partial charge on any atom is -0.310 e. The van der Waals surface area contributed by atoms with E-state index >= 15 is 0 Å². The summed E-state index contributed by atoms with van der Waals surface area (Å²) in [5.74, 6) is 0. The van der Waals surface area contributed by atoms with E-state index in [1.54, 1.807) is 0 Å². The van der Waals surface area contributed by atoms with Crippen molar-refractivity contribution in [3.63, 3.8) is 0 Å². The topological polar surface area (TPSA) is 61.4 Å². The number of hydrogen-bond donors (Lipinski definition) is 2. The molecule has 0 amide bonds. The zero-order chi connectivity index (χ0) is 9.47. The lowest BCUT2D eigenvalue weighted by Crippen LogP contribution is -2.55. The summed E-state index contributed by atoms with van der Waals surface area (Å²) in [6, 6.07) is 0.590. The van der Waals surface area contributed by atoms with Gasteiger partial charge in [0.05, 0.1) is 6.26 Å². The summed E-state index contributed by atoms with van der Waals surface area (Å²) in [5.41, 5.74) is 0. The van der Waals surface area contributed by atoms with E-state index in [9.17, 15) is 8.42 Å². The molecule has 13 heavy (non-hydrogen) atoms. The van der Waals surface area contributed by atoms with Crippen LogP contribution in [-0.4, -0.2) is 57.2 Å². The molecule has 2 saturated heterocycles. The van der Waals surface area contributed by atoms with Crippen molar-refractivity contribution in [2.45, 2.75) is 12.1 Å². The number of nitrogens with one attached hydrogen (secondary N) is 2. The van der Waals surface area contributed by atoms with E-state index in [4.69, 9.17) is 0 Å². The van der Waals surface area contributed by atoms with Crippen LogP contribution >= 0.6 is 0 Å². The molecule has 2 heterocycles.